The molecular formula is C28H27FN4O4S. The molecule has 1 saturated heterocycles. The number of hydrogen-bond donors (Lipinski definition) is 1. The van der Waals surface area contributed by atoms with E-state index in [9.17, 15) is 22.4 Å². The Morgan fingerprint density at radius 2 is 1.74 bits per heavy atom. The van der Waals surface area contributed by atoms with Crippen molar-refractivity contribution >= 4 is 27.6 Å². The van der Waals surface area contributed by atoms with Crippen LogP contribution in [0.4, 0.5) is 9.18 Å². The fourth-order valence-electron chi connectivity index (χ4n) is 5.94. The van der Waals surface area contributed by atoms with E-state index in [1.54, 1.807) is 29.2 Å². The Hall–Kier alpha value is -3.79. The molecule has 4 aliphatic rings. The van der Waals surface area contributed by atoms with Crippen LogP contribution in [0.2, 0.25) is 0 Å². The van der Waals surface area contributed by atoms with E-state index in [1.807, 2.05) is 32.9 Å². The zero-order valence-electron chi connectivity index (χ0n) is 21.4. The number of nitrogens with zero attached hydrogens (tertiary/aromatic N) is 3. The highest BCUT2D eigenvalue weighted by Crippen LogP contribution is 2.55. The summed E-state index contributed by atoms with van der Waals surface area (Å²) in [6, 6.07) is 10.7. The lowest BCUT2D eigenvalue weighted by atomic mass is 9.69. The molecule has 38 heavy (non-hydrogen) atoms. The van der Waals surface area contributed by atoms with E-state index in [4.69, 9.17) is 4.99 Å². The van der Waals surface area contributed by atoms with Gasteiger partial charge in [-0.2, -0.15) is 0 Å². The van der Waals surface area contributed by atoms with E-state index in [-0.39, 0.29) is 17.3 Å². The Balaban J connectivity index is 1.57. The van der Waals surface area contributed by atoms with Crippen molar-refractivity contribution in [3.63, 3.8) is 0 Å². The standard InChI is InChI=1S/C28H27FN4O4S/c1-27(2)12-13-28(3)24-23(27)30-20(34)15-32(24)26(35)33-22(17-6-5-7-18(29)14-17)21(31-25(28)33)16-8-10-19(11-9-16)38(4,36)37/h5-14,21-22H,15H2,1-4H3,(H,30,34). The van der Waals surface area contributed by atoms with Gasteiger partial charge in [-0.25, -0.2) is 17.6 Å². The number of halogens is 1. The number of amides is 3. The van der Waals surface area contributed by atoms with Gasteiger partial charge in [-0.1, -0.05) is 50.3 Å². The van der Waals surface area contributed by atoms with Crippen LogP contribution in [0.15, 0.2) is 82.0 Å². The van der Waals surface area contributed by atoms with Crippen LogP contribution in [0.25, 0.3) is 0 Å². The number of fused-ring (bicyclic) bond motifs is 2. The van der Waals surface area contributed by atoms with Gasteiger partial charge in [-0.15, -0.1) is 0 Å². The number of urea groups is 1. The smallest absolute Gasteiger partial charge is 0.326 e. The van der Waals surface area contributed by atoms with Gasteiger partial charge in [0.25, 0.3) is 0 Å². The SMILES string of the molecule is CC1(C)C=CC2(C)C3=NC(c4ccc(S(C)(=O)=O)cc4)C(c4cccc(F)c4)N3C(=O)N3CC(=O)NC1=C32. The average Bonchev–Trinajstić information content (AvgIpc) is 3.27. The van der Waals surface area contributed by atoms with Crippen molar-refractivity contribution < 1.29 is 22.4 Å². The molecule has 3 unspecified atom stereocenters. The van der Waals surface area contributed by atoms with Crippen molar-refractivity contribution in [1.82, 2.24) is 15.1 Å². The van der Waals surface area contributed by atoms with Crippen LogP contribution < -0.4 is 5.32 Å². The molecule has 0 aromatic heterocycles. The van der Waals surface area contributed by atoms with Gasteiger partial charge in [-0.3, -0.25) is 19.6 Å². The lowest BCUT2D eigenvalue weighted by molar-refractivity contribution is -0.122. The number of carbonyl (C=O) groups is 2. The average molecular weight is 535 g/mol. The van der Waals surface area contributed by atoms with Gasteiger partial charge in [0.2, 0.25) is 5.91 Å². The van der Waals surface area contributed by atoms with Crippen LogP contribution in [0.5, 0.6) is 0 Å². The van der Waals surface area contributed by atoms with Gasteiger partial charge >= 0.3 is 6.03 Å². The van der Waals surface area contributed by atoms with Crippen LogP contribution in [0.3, 0.4) is 0 Å². The molecule has 6 rings (SSSR count). The van der Waals surface area contributed by atoms with E-state index in [2.05, 4.69) is 5.32 Å². The van der Waals surface area contributed by atoms with Crippen LogP contribution in [-0.4, -0.2) is 48.8 Å². The number of sulfone groups is 1. The molecular weight excluding hydrogens is 507 g/mol. The second-order valence-electron chi connectivity index (χ2n) is 11.0. The second-order valence-corrected chi connectivity index (χ2v) is 13.0. The van der Waals surface area contributed by atoms with Gasteiger partial charge < -0.3 is 5.32 Å². The minimum absolute atomic E-state index is 0.134. The second kappa shape index (κ2) is 7.86. The van der Waals surface area contributed by atoms with Crippen molar-refractivity contribution in [3.05, 3.63) is 89.0 Å². The van der Waals surface area contributed by atoms with Gasteiger partial charge in [-0.05, 0) is 42.3 Å². The summed E-state index contributed by atoms with van der Waals surface area (Å²) < 4.78 is 38.5. The zero-order chi connectivity index (χ0) is 27.2. The van der Waals surface area contributed by atoms with Crippen molar-refractivity contribution in [2.45, 2.75) is 37.8 Å². The van der Waals surface area contributed by atoms with Crippen LogP contribution >= 0.6 is 0 Å². The fraction of sp³-hybridized carbons (Fsp3) is 0.321. The first-order valence-electron chi connectivity index (χ1n) is 12.3. The number of aliphatic imine (C=N–C) groups is 1. The third kappa shape index (κ3) is 3.46. The summed E-state index contributed by atoms with van der Waals surface area (Å²) in [5.74, 6) is -0.226. The summed E-state index contributed by atoms with van der Waals surface area (Å²) in [7, 11) is -3.41. The first-order valence-corrected chi connectivity index (χ1v) is 14.2. The van der Waals surface area contributed by atoms with Crippen molar-refractivity contribution in [3.8, 4) is 0 Å². The Morgan fingerprint density at radius 1 is 1.03 bits per heavy atom. The predicted molar refractivity (Wildman–Crippen MR) is 139 cm³/mol. The quantitative estimate of drug-likeness (QED) is 0.600. The number of carbonyl (C=O) groups excluding carboxylic acids is 2. The van der Waals surface area contributed by atoms with E-state index >= 15 is 0 Å². The summed E-state index contributed by atoms with van der Waals surface area (Å²) in [4.78, 5) is 35.2. The van der Waals surface area contributed by atoms with Gasteiger partial charge in [0.15, 0.2) is 9.84 Å². The topological polar surface area (TPSA) is 99.2 Å². The van der Waals surface area contributed by atoms with E-state index in [0.29, 0.717) is 28.4 Å². The van der Waals surface area contributed by atoms with Crippen LogP contribution in [-0.2, 0) is 14.6 Å². The molecule has 2 aromatic carbocycles. The van der Waals surface area contributed by atoms with Crippen molar-refractivity contribution in [1.29, 1.82) is 0 Å². The molecule has 3 aliphatic heterocycles. The molecule has 0 radical (unpaired) electrons. The Morgan fingerprint density at radius 3 is 2.39 bits per heavy atom. The molecule has 2 aromatic rings. The summed E-state index contributed by atoms with van der Waals surface area (Å²) in [6.45, 7) is 5.79. The number of nitrogens with one attached hydrogen (secondary N) is 1. The first-order chi connectivity index (χ1) is 17.8. The van der Waals surface area contributed by atoms with E-state index in [1.165, 1.54) is 29.2 Å². The zero-order valence-corrected chi connectivity index (χ0v) is 22.2. The van der Waals surface area contributed by atoms with Gasteiger partial charge in [0, 0.05) is 17.4 Å². The maximum atomic E-state index is 14.4. The summed E-state index contributed by atoms with van der Waals surface area (Å²) in [5.41, 5.74) is 1.25. The van der Waals surface area contributed by atoms with E-state index < -0.39 is 44.6 Å². The number of allylic oxidation sites excluding steroid dienone is 1. The minimum Gasteiger partial charge on any atom is -0.326 e. The fourth-order valence-corrected chi connectivity index (χ4v) is 6.57. The van der Waals surface area contributed by atoms with Crippen molar-refractivity contribution in [2.24, 2.45) is 15.8 Å². The normalized spacial score (nSPS) is 27.7. The predicted octanol–water partition coefficient (Wildman–Crippen LogP) is 4.11. The van der Waals surface area contributed by atoms with Crippen LogP contribution in [0.1, 0.15) is 44.0 Å². The molecule has 1 fully saturated rings. The molecule has 0 bridgehead atoms. The highest BCUT2D eigenvalue weighted by Gasteiger charge is 2.59. The number of hydrogen-bond acceptors (Lipinski definition) is 5. The molecule has 1 aliphatic carbocycles. The highest BCUT2D eigenvalue weighted by molar-refractivity contribution is 7.90. The summed E-state index contributed by atoms with van der Waals surface area (Å²) in [5, 5.41) is 2.99. The lowest BCUT2D eigenvalue weighted by Crippen LogP contribution is -2.64. The monoisotopic (exact) mass is 534 g/mol. The molecule has 0 spiro atoms. The third-order valence-corrected chi connectivity index (χ3v) is 8.98. The largest absolute Gasteiger partial charge is 0.330 e. The highest BCUT2D eigenvalue weighted by atomic mass is 32.2. The number of amidine groups is 1. The molecule has 1 N–H and O–H groups in total. The van der Waals surface area contributed by atoms with Crippen molar-refractivity contribution in [2.75, 3.05) is 12.8 Å². The maximum Gasteiger partial charge on any atom is 0.330 e. The molecule has 3 atom stereocenters. The van der Waals surface area contributed by atoms with Gasteiger partial charge in [0.1, 0.15) is 24.2 Å². The Labute approximate surface area is 220 Å². The Kier molecular flexibility index (Phi) is 5.08. The molecule has 0 saturated carbocycles. The van der Waals surface area contributed by atoms with Gasteiger partial charge in [0.05, 0.1) is 22.0 Å². The Bertz CT molecular complexity index is 1610. The van der Waals surface area contributed by atoms with Crippen LogP contribution in [0, 0.1) is 16.6 Å². The number of rotatable bonds is 3. The first kappa shape index (κ1) is 24.5. The molecule has 10 heteroatoms. The third-order valence-electron chi connectivity index (χ3n) is 7.85. The number of benzene rings is 2. The minimum atomic E-state index is -3.41. The summed E-state index contributed by atoms with van der Waals surface area (Å²) in [6.07, 6.45) is 5.17. The van der Waals surface area contributed by atoms with E-state index in [0.717, 1.165) is 6.26 Å². The molecule has 196 valence electrons. The lowest BCUT2D eigenvalue weighted by Gasteiger charge is -2.53. The summed E-state index contributed by atoms with van der Waals surface area (Å²) >= 11 is 0. The maximum absolute atomic E-state index is 14.4. The molecule has 3 amide bonds. The molecule has 3 heterocycles. The molecule has 8 nitrogen and oxygen atoms in total.